The minimum atomic E-state index is -0.0696. The predicted molar refractivity (Wildman–Crippen MR) is 278 cm³/mol. The minimum Gasteiger partial charge on any atom is -0.311 e. The van der Waals surface area contributed by atoms with Gasteiger partial charge in [0.2, 0.25) is 0 Å². The quantitative estimate of drug-likeness (QED) is 0.156. The van der Waals surface area contributed by atoms with Crippen molar-refractivity contribution in [2.75, 3.05) is 4.90 Å². The van der Waals surface area contributed by atoms with Crippen molar-refractivity contribution in [3.05, 3.63) is 248 Å². The summed E-state index contributed by atoms with van der Waals surface area (Å²) in [6.45, 7) is 4.72. The summed E-state index contributed by atoms with van der Waals surface area (Å²) in [5, 5.41) is 5.08. The number of aromatic nitrogens is 2. The zero-order chi connectivity index (χ0) is 43.9. The highest BCUT2D eigenvalue weighted by Crippen LogP contribution is 2.51. The molecule has 0 unspecified atom stereocenters. The number of nitrogens with zero attached hydrogens (tertiary/aromatic N) is 3. The van der Waals surface area contributed by atoms with Crippen LogP contribution in [0.25, 0.3) is 88.4 Å². The zero-order valence-corrected chi connectivity index (χ0v) is 36.9. The second-order valence-corrected chi connectivity index (χ2v) is 18.2. The Bertz CT molecular complexity index is 3800. The van der Waals surface area contributed by atoms with Crippen LogP contribution in [-0.2, 0) is 5.41 Å². The van der Waals surface area contributed by atoms with Gasteiger partial charge in [0.15, 0.2) is 0 Å². The van der Waals surface area contributed by atoms with Crippen molar-refractivity contribution in [2.24, 2.45) is 0 Å². The lowest BCUT2D eigenvalue weighted by molar-refractivity contribution is 0.661. The summed E-state index contributed by atoms with van der Waals surface area (Å²) in [6.07, 6.45) is 0. The monoisotopic (exact) mass is 843 g/mol. The van der Waals surface area contributed by atoms with E-state index >= 15 is 0 Å². The molecule has 3 nitrogen and oxygen atoms in total. The van der Waals surface area contributed by atoms with Crippen LogP contribution in [0.15, 0.2) is 237 Å². The molecule has 0 amide bonds. The molecule has 2 heterocycles. The Morgan fingerprint density at radius 1 is 0.303 bits per heavy atom. The van der Waals surface area contributed by atoms with Crippen LogP contribution < -0.4 is 4.90 Å². The van der Waals surface area contributed by atoms with Crippen LogP contribution >= 0.6 is 0 Å². The van der Waals surface area contributed by atoms with Crippen molar-refractivity contribution in [2.45, 2.75) is 19.3 Å². The first-order valence-electron chi connectivity index (χ1n) is 22.9. The first kappa shape index (κ1) is 38.1. The van der Waals surface area contributed by atoms with E-state index in [4.69, 9.17) is 0 Å². The highest BCUT2D eigenvalue weighted by molar-refractivity contribution is 6.12. The molecule has 0 radical (unpaired) electrons. The molecule has 0 saturated heterocycles. The highest BCUT2D eigenvalue weighted by atomic mass is 15.1. The van der Waals surface area contributed by atoms with Gasteiger partial charge < -0.3 is 14.0 Å². The van der Waals surface area contributed by atoms with E-state index in [2.05, 4.69) is 264 Å². The molecule has 66 heavy (non-hydrogen) atoms. The maximum absolute atomic E-state index is 2.45. The van der Waals surface area contributed by atoms with Crippen molar-refractivity contribution < 1.29 is 0 Å². The number of benzene rings is 10. The molecule has 1 aliphatic carbocycles. The Hall–Kier alpha value is -8.40. The minimum absolute atomic E-state index is 0.0696. The molecule has 0 spiro atoms. The number of para-hydroxylation sites is 4. The largest absolute Gasteiger partial charge is 0.311 e. The summed E-state index contributed by atoms with van der Waals surface area (Å²) >= 11 is 0. The molecule has 0 N–H and O–H groups in total. The first-order chi connectivity index (χ1) is 32.5. The molecule has 3 heteroatoms. The van der Waals surface area contributed by atoms with E-state index in [-0.39, 0.29) is 5.41 Å². The lowest BCUT2D eigenvalue weighted by Gasteiger charge is -2.26. The maximum Gasteiger partial charge on any atom is 0.0544 e. The third-order valence-electron chi connectivity index (χ3n) is 14.1. The molecular weight excluding hydrogens is 799 g/mol. The Kier molecular flexibility index (Phi) is 8.56. The van der Waals surface area contributed by atoms with Gasteiger partial charge in [0.1, 0.15) is 0 Å². The average molecular weight is 844 g/mol. The van der Waals surface area contributed by atoms with Crippen LogP contribution in [0, 0.1) is 0 Å². The van der Waals surface area contributed by atoms with Crippen molar-refractivity contribution in [1.29, 1.82) is 0 Å². The smallest absolute Gasteiger partial charge is 0.0544 e. The van der Waals surface area contributed by atoms with Gasteiger partial charge in [-0.3, -0.25) is 0 Å². The van der Waals surface area contributed by atoms with E-state index < -0.39 is 0 Å². The molecule has 312 valence electrons. The number of fused-ring (bicyclic) bond motifs is 9. The fraction of sp³-hybridized carbons (Fsp3) is 0.0476. The van der Waals surface area contributed by atoms with Crippen LogP contribution in [0.4, 0.5) is 17.1 Å². The Labute approximate surface area is 384 Å². The maximum atomic E-state index is 2.45. The number of hydrogen-bond donors (Lipinski definition) is 0. The molecule has 0 bridgehead atoms. The summed E-state index contributed by atoms with van der Waals surface area (Å²) in [5.74, 6) is 0. The second-order valence-electron chi connectivity index (χ2n) is 18.2. The molecule has 0 saturated carbocycles. The highest BCUT2D eigenvalue weighted by Gasteiger charge is 2.36. The molecule has 0 atom stereocenters. The standard InChI is InChI=1S/C63H45N3/c1-63(2)57-22-12-9-19-51(57)54-40-56-53-21-11-14-24-60(53)66(62(56)41-58(54)63)50-36-27-43(28-37-50)42-25-32-48(33-26-42)64(46-15-5-3-6-16-46)49-34-29-44(30-35-49)45-31-38-61-55(39-45)52-20-10-13-23-59(52)65(61)47-17-7-4-8-18-47/h3-41H,1-2H3. The van der Waals surface area contributed by atoms with Crippen LogP contribution in [0.5, 0.6) is 0 Å². The zero-order valence-electron chi connectivity index (χ0n) is 36.9. The summed E-state index contributed by atoms with van der Waals surface area (Å²) in [4.78, 5) is 2.34. The van der Waals surface area contributed by atoms with Crippen molar-refractivity contribution in [3.8, 4) is 44.8 Å². The van der Waals surface area contributed by atoms with Gasteiger partial charge in [-0.05, 0) is 142 Å². The van der Waals surface area contributed by atoms with Crippen LogP contribution in [0.3, 0.4) is 0 Å². The van der Waals surface area contributed by atoms with Gasteiger partial charge in [0.25, 0.3) is 0 Å². The van der Waals surface area contributed by atoms with E-state index in [1.54, 1.807) is 0 Å². The van der Waals surface area contributed by atoms with E-state index in [0.717, 1.165) is 22.7 Å². The summed E-state index contributed by atoms with van der Waals surface area (Å²) in [6, 6.07) is 86.6. The fourth-order valence-corrected chi connectivity index (χ4v) is 10.9. The van der Waals surface area contributed by atoms with E-state index in [0.29, 0.717) is 0 Å². The van der Waals surface area contributed by atoms with Crippen molar-refractivity contribution in [1.82, 2.24) is 9.13 Å². The third-order valence-corrected chi connectivity index (χ3v) is 14.1. The summed E-state index contributed by atoms with van der Waals surface area (Å²) in [5.41, 5.74) is 20.7. The van der Waals surface area contributed by atoms with Gasteiger partial charge in [0, 0.05) is 55.4 Å². The SMILES string of the molecule is CC1(C)c2ccccc2-c2cc3c4ccccc4n(-c4ccc(-c5ccc(N(c6ccccc6)c6ccc(-c7ccc8c(c7)c7ccccc7n8-c7ccccc7)cc6)cc5)cc4)c3cc21. The van der Waals surface area contributed by atoms with Gasteiger partial charge >= 0.3 is 0 Å². The number of anilines is 3. The topological polar surface area (TPSA) is 13.1 Å². The lowest BCUT2D eigenvalue weighted by atomic mass is 9.82. The van der Waals surface area contributed by atoms with Gasteiger partial charge in [-0.15, -0.1) is 0 Å². The number of rotatable bonds is 7. The lowest BCUT2D eigenvalue weighted by Crippen LogP contribution is -2.14. The Balaban J connectivity index is 0.822. The average Bonchev–Trinajstić information content (AvgIpc) is 3.97. The fourth-order valence-electron chi connectivity index (χ4n) is 10.9. The molecule has 2 aromatic heterocycles. The van der Waals surface area contributed by atoms with E-state index in [9.17, 15) is 0 Å². The van der Waals surface area contributed by atoms with Gasteiger partial charge in [-0.2, -0.15) is 0 Å². The molecule has 0 fully saturated rings. The van der Waals surface area contributed by atoms with Crippen molar-refractivity contribution in [3.63, 3.8) is 0 Å². The van der Waals surface area contributed by atoms with Crippen LogP contribution in [-0.4, -0.2) is 9.13 Å². The van der Waals surface area contributed by atoms with Crippen LogP contribution in [0.1, 0.15) is 25.0 Å². The van der Waals surface area contributed by atoms with Crippen molar-refractivity contribution >= 4 is 60.7 Å². The Morgan fingerprint density at radius 2 is 0.758 bits per heavy atom. The number of hydrogen-bond acceptors (Lipinski definition) is 1. The second kappa shape index (κ2) is 14.8. The van der Waals surface area contributed by atoms with Gasteiger partial charge in [-0.25, -0.2) is 0 Å². The van der Waals surface area contributed by atoms with Gasteiger partial charge in [0.05, 0.1) is 22.1 Å². The third kappa shape index (κ3) is 5.90. The summed E-state index contributed by atoms with van der Waals surface area (Å²) in [7, 11) is 0. The Morgan fingerprint density at radius 3 is 1.41 bits per heavy atom. The predicted octanol–water partition coefficient (Wildman–Crippen LogP) is 17.0. The van der Waals surface area contributed by atoms with E-state index in [1.165, 1.54) is 93.8 Å². The van der Waals surface area contributed by atoms with Crippen LogP contribution in [0.2, 0.25) is 0 Å². The molecule has 10 aromatic carbocycles. The normalized spacial score (nSPS) is 12.8. The summed E-state index contributed by atoms with van der Waals surface area (Å²) < 4.78 is 4.81. The van der Waals surface area contributed by atoms with E-state index in [1.807, 2.05) is 0 Å². The molecule has 1 aliphatic rings. The first-order valence-corrected chi connectivity index (χ1v) is 22.9. The van der Waals surface area contributed by atoms with Gasteiger partial charge in [-0.1, -0.05) is 153 Å². The molecule has 0 aliphatic heterocycles. The molecule has 12 aromatic rings. The molecular formula is C63H45N3. The molecule has 13 rings (SSSR count).